The minimum atomic E-state index is -0.658. The Morgan fingerprint density at radius 3 is 2.70 bits per heavy atom. The molecule has 7 nitrogen and oxygen atoms in total. The molecule has 1 aromatic heterocycles. The van der Waals surface area contributed by atoms with E-state index in [2.05, 4.69) is 15.6 Å². The highest BCUT2D eigenvalue weighted by atomic mass is 35.5. The third kappa shape index (κ3) is 4.94. The Hall–Kier alpha value is -3.16. The molecule has 0 bridgehead atoms. The summed E-state index contributed by atoms with van der Waals surface area (Å²) in [5.74, 6) is -0.931. The number of carbonyl (C=O) groups excluding carboxylic acids is 3. The second-order valence-corrected chi connectivity index (χ2v) is 8.71. The van der Waals surface area contributed by atoms with E-state index in [1.165, 1.54) is 0 Å². The van der Waals surface area contributed by atoms with Gasteiger partial charge in [-0.2, -0.15) is 0 Å². The van der Waals surface area contributed by atoms with Crippen molar-refractivity contribution in [1.82, 2.24) is 10.3 Å². The highest BCUT2D eigenvalue weighted by Gasteiger charge is 2.29. The van der Waals surface area contributed by atoms with E-state index in [4.69, 9.17) is 27.9 Å². The van der Waals surface area contributed by atoms with Crippen LogP contribution in [0.15, 0.2) is 36.4 Å². The number of rotatable bonds is 4. The van der Waals surface area contributed by atoms with Crippen molar-refractivity contribution in [3.8, 4) is 0 Å². The van der Waals surface area contributed by atoms with Gasteiger partial charge in [0, 0.05) is 17.5 Å². The Kier molecular flexibility index (Phi) is 6.54. The second kappa shape index (κ2) is 9.37. The van der Waals surface area contributed by atoms with Gasteiger partial charge >= 0.3 is 6.09 Å². The summed E-state index contributed by atoms with van der Waals surface area (Å²) < 4.78 is 5.31. The highest BCUT2D eigenvalue weighted by molar-refractivity contribution is 6.44. The van der Waals surface area contributed by atoms with Crippen LogP contribution in [0, 0.1) is 13.8 Å². The molecule has 170 valence electrons. The quantitative estimate of drug-likeness (QED) is 0.480. The summed E-state index contributed by atoms with van der Waals surface area (Å²) in [6.45, 7) is 3.69. The third-order valence-corrected chi connectivity index (χ3v) is 6.58. The molecule has 1 aliphatic rings. The molecule has 0 radical (unpaired) electrons. The molecule has 2 aromatic carbocycles. The number of halogens is 2. The van der Waals surface area contributed by atoms with E-state index in [-0.39, 0.29) is 23.4 Å². The van der Waals surface area contributed by atoms with Gasteiger partial charge in [0.25, 0.3) is 0 Å². The summed E-state index contributed by atoms with van der Waals surface area (Å²) in [4.78, 5) is 40.5. The van der Waals surface area contributed by atoms with Crippen LogP contribution in [0.3, 0.4) is 0 Å². The van der Waals surface area contributed by atoms with Gasteiger partial charge in [0.1, 0.15) is 6.61 Å². The number of hydrogen-bond acceptors (Lipinski definition) is 5. The van der Waals surface area contributed by atoms with Gasteiger partial charge < -0.3 is 4.74 Å². The first kappa shape index (κ1) is 23.0. The van der Waals surface area contributed by atoms with Gasteiger partial charge in [0.15, 0.2) is 0 Å². The van der Waals surface area contributed by atoms with Gasteiger partial charge in [-0.1, -0.05) is 41.4 Å². The molecule has 3 aromatic rings. The van der Waals surface area contributed by atoms with E-state index in [9.17, 15) is 14.4 Å². The number of aromatic nitrogens is 1. The fourth-order valence-electron chi connectivity index (χ4n) is 3.80. The summed E-state index contributed by atoms with van der Waals surface area (Å²) in [6.07, 6.45) is 0.122. The fraction of sp³-hybridized carbons (Fsp3) is 0.250. The normalized spacial score (nSPS) is 15.9. The van der Waals surface area contributed by atoms with E-state index < -0.39 is 12.0 Å². The summed E-state index contributed by atoms with van der Waals surface area (Å²) in [7, 11) is 0. The molecular formula is C24H21Cl2N3O4. The molecule has 1 fully saturated rings. The van der Waals surface area contributed by atoms with E-state index in [1.54, 1.807) is 12.1 Å². The van der Waals surface area contributed by atoms with Crippen LogP contribution in [0.5, 0.6) is 0 Å². The largest absolute Gasteiger partial charge is 0.444 e. The van der Waals surface area contributed by atoms with Crippen LogP contribution in [0.25, 0.3) is 10.9 Å². The van der Waals surface area contributed by atoms with Gasteiger partial charge in [-0.15, -0.1) is 0 Å². The lowest BCUT2D eigenvalue weighted by molar-refractivity contribution is -0.134. The molecule has 4 rings (SSSR count). The summed E-state index contributed by atoms with van der Waals surface area (Å²) >= 11 is 12.3. The standard InChI is InChI=1S/C24H21Cl2N3O4/c1-12-3-7-18(22(26)21(12)25)28-24(32)33-11-14-4-5-15-10-17(13(2)27-19(15)9-14)16-6-8-20(30)29-23(16)31/h3-5,7,9-10,16H,6,8,11H2,1-2H3,(H,28,32)(H,29,30,31). The number of anilines is 1. The second-order valence-electron chi connectivity index (χ2n) is 7.95. The molecule has 1 aliphatic heterocycles. The van der Waals surface area contributed by atoms with Crippen LogP contribution >= 0.6 is 23.2 Å². The Bertz CT molecular complexity index is 1290. The van der Waals surface area contributed by atoms with Gasteiger partial charge in [-0.3, -0.25) is 25.2 Å². The van der Waals surface area contributed by atoms with Crippen LogP contribution in [0.2, 0.25) is 10.0 Å². The fourth-order valence-corrected chi connectivity index (χ4v) is 4.22. The molecule has 0 aliphatic carbocycles. The number of imide groups is 1. The minimum Gasteiger partial charge on any atom is -0.444 e. The monoisotopic (exact) mass is 485 g/mol. The minimum absolute atomic E-state index is 0.0363. The zero-order chi connectivity index (χ0) is 23.7. The average Bonchev–Trinajstić information content (AvgIpc) is 2.78. The zero-order valence-electron chi connectivity index (χ0n) is 18.0. The lowest BCUT2D eigenvalue weighted by atomic mass is 9.89. The molecule has 2 heterocycles. The Labute approximate surface area is 200 Å². The number of nitrogens with one attached hydrogen (secondary N) is 2. The number of pyridine rings is 1. The van der Waals surface area contributed by atoms with Gasteiger partial charge in [0.05, 0.1) is 27.2 Å². The number of nitrogens with zero attached hydrogens (tertiary/aromatic N) is 1. The molecule has 0 saturated carbocycles. The predicted octanol–water partition coefficient (Wildman–Crippen LogP) is 5.43. The number of amides is 3. The number of carbonyl (C=O) groups is 3. The Balaban J connectivity index is 1.46. The number of fused-ring (bicyclic) bond motifs is 1. The van der Waals surface area contributed by atoms with Crippen molar-refractivity contribution < 1.29 is 19.1 Å². The van der Waals surface area contributed by atoms with Crippen LogP contribution in [0.1, 0.15) is 41.1 Å². The van der Waals surface area contributed by atoms with Crippen LogP contribution in [-0.4, -0.2) is 22.9 Å². The number of ether oxygens (including phenoxy) is 1. The maximum Gasteiger partial charge on any atom is 0.412 e. The van der Waals surface area contributed by atoms with E-state index in [0.29, 0.717) is 23.6 Å². The highest BCUT2D eigenvalue weighted by Crippen LogP contribution is 2.33. The molecular weight excluding hydrogens is 465 g/mol. The van der Waals surface area contributed by atoms with E-state index in [0.717, 1.165) is 33.3 Å². The average molecular weight is 486 g/mol. The predicted molar refractivity (Wildman–Crippen MR) is 127 cm³/mol. The van der Waals surface area contributed by atoms with Crippen molar-refractivity contribution in [3.05, 3.63) is 68.8 Å². The van der Waals surface area contributed by atoms with Crippen molar-refractivity contribution in [3.63, 3.8) is 0 Å². The van der Waals surface area contributed by atoms with Gasteiger partial charge in [-0.05, 0) is 55.2 Å². The molecule has 0 spiro atoms. The van der Waals surface area contributed by atoms with E-state index in [1.807, 2.05) is 38.1 Å². The number of benzene rings is 2. The smallest absolute Gasteiger partial charge is 0.412 e. The lowest BCUT2D eigenvalue weighted by Gasteiger charge is -2.22. The van der Waals surface area contributed by atoms with Crippen molar-refractivity contribution in [1.29, 1.82) is 0 Å². The molecule has 33 heavy (non-hydrogen) atoms. The van der Waals surface area contributed by atoms with Crippen molar-refractivity contribution in [2.45, 2.75) is 39.2 Å². The molecule has 9 heteroatoms. The first-order valence-corrected chi connectivity index (χ1v) is 11.1. The molecule has 1 unspecified atom stereocenters. The maximum atomic E-state index is 12.3. The third-order valence-electron chi connectivity index (χ3n) is 5.61. The summed E-state index contributed by atoms with van der Waals surface area (Å²) in [5, 5.41) is 6.47. The SMILES string of the molecule is Cc1ccc(NC(=O)OCc2ccc3cc(C4CCC(=O)NC4=O)c(C)nc3c2)c(Cl)c1Cl. The first-order chi connectivity index (χ1) is 15.7. The van der Waals surface area contributed by atoms with Crippen LogP contribution < -0.4 is 10.6 Å². The van der Waals surface area contributed by atoms with Gasteiger partial charge in [-0.25, -0.2) is 4.79 Å². The van der Waals surface area contributed by atoms with Crippen molar-refractivity contribution in [2.24, 2.45) is 0 Å². The summed E-state index contributed by atoms with van der Waals surface area (Å²) in [5.41, 5.74) is 4.18. The van der Waals surface area contributed by atoms with Crippen LogP contribution in [-0.2, 0) is 20.9 Å². The maximum absolute atomic E-state index is 12.3. The number of hydrogen-bond donors (Lipinski definition) is 2. The Morgan fingerprint density at radius 2 is 1.94 bits per heavy atom. The number of piperidine rings is 1. The Morgan fingerprint density at radius 1 is 1.15 bits per heavy atom. The lowest BCUT2D eigenvalue weighted by Crippen LogP contribution is -2.39. The molecule has 1 saturated heterocycles. The molecule has 1 atom stereocenters. The number of aryl methyl sites for hydroxylation is 2. The van der Waals surface area contributed by atoms with Gasteiger partial charge in [0.2, 0.25) is 11.8 Å². The first-order valence-electron chi connectivity index (χ1n) is 10.3. The van der Waals surface area contributed by atoms with Crippen molar-refractivity contribution in [2.75, 3.05) is 5.32 Å². The molecule has 3 amide bonds. The molecule has 2 N–H and O–H groups in total. The van der Waals surface area contributed by atoms with Crippen LogP contribution in [0.4, 0.5) is 10.5 Å². The van der Waals surface area contributed by atoms with E-state index >= 15 is 0 Å². The summed E-state index contributed by atoms with van der Waals surface area (Å²) in [6, 6.07) is 10.9. The topological polar surface area (TPSA) is 97.4 Å². The van der Waals surface area contributed by atoms with Crippen molar-refractivity contribution >= 4 is 57.7 Å². The zero-order valence-corrected chi connectivity index (χ0v) is 19.5.